The molecule has 1 aromatic heterocycles. The summed E-state index contributed by atoms with van der Waals surface area (Å²) in [7, 11) is 0. The molecule has 0 aliphatic heterocycles. The van der Waals surface area contributed by atoms with Crippen LogP contribution in [-0.2, 0) is 0 Å². The maximum absolute atomic E-state index is 13.3. The average molecular weight is 258 g/mol. The number of nitriles is 1. The summed E-state index contributed by atoms with van der Waals surface area (Å²) in [6.45, 7) is 5.75. The van der Waals surface area contributed by atoms with Gasteiger partial charge in [0, 0.05) is 11.3 Å². The third kappa shape index (κ3) is 2.94. The smallest absolute Gasteiger partial charge is 0.126 e. The highest BCUT2D eigenvalue weighted by molar-refractivity contribution is 5.51. The molecule has 1 N–H and O–H groups in total. The van der Waals surface area contributed by atoms with Crippen molar-refractivity contribution in [3.63, 3.8) is 0 Å². The maximum Gasteiger partial charge on any atom is 0.126 e. The number of hydrogen-bond donors (Lipinski definition) is 1. The van der Waals surface area contributed by atoms with E-state index < -0.39 is 5.82 Å². The van der Waals surface area contributed by atoms with Gasteiger partial charge in [0.25, 0.3) is 0 Å². The Bertz CT molecular complexity index is 640. The summed E-state index contributed by atoms with van der Waals surface area (Å²) >= 11 is 0. The summed E-state index contributed by atoms with van der Waals surface area (Å²) in [6, 6.07) is 8.08. The molecule has 1 heterocycles. The molecule has 0 aliphatic carbocycles. The Morgan fingerprint density at radius 1 is 1.26 bits per heavy atom. The van der Waals surface area contributed by atoms with Crippen molar-refractivity contribution in [2.45, 2.75) is 26.8 Å². The fourth-order valence-corrected chi connectivity index (χ4v) is 2.15. The lowest BCUT2D eigenvalue weighted by atomic mass is 10.1. The minimum atomic E-state index is -0.422. The second kappa shape index (κ2) is 5.15. The Morgan fingerprint density at radius 3 is 2.58 bits per heavy atom. The van der Waals surface area contributed by atoms with Crippen LogP contribution >= 0.6 is 0 Å². The largest absolute Gasteiger partial charge is 0.466 e. The van der Waals surface area contributed by atoms with E-state index in [1.807, 2.05) is 32.9 Å². The molecule has 3 nitrogen and oxygen atoms in total. The van der Waals surface area contributed by atoms with Gasteiger partial charge in [-0.3, -0.25) is 0 Å². The van der Waals surface area contributed by atoms with E-state index in [1.54, 1.807) is 6.07 Å². The van der Waals surface area contributed by atoms with Gasteiger partial charge < -0.3 is 9.73 Å². The lowest BCUT2D eigenvalue weighted by molar-refractivity contribution is 0.500. The SMILES string of the molecule is Cc1cc(C(C)Nc2cc(F)cc(C#N)c2)c(C)o1. The summed E-state index contributed by atoms with van der Waals surface area (Å²) in [5.41, 5.74) is 1.91. The number of rotatable bonds is 3. The van der Waals surface area contributed by atoms with E-state index in [0.717, 1.165) is 17.1 Å². The lowest BCUT2D eigenvalue weighted by Crippen LogP contribution is -2.07. The van der Waals surface area contributed by atoms with Crippen LogP contribution in [0.25, 0.3) is 0 Å². The molecule has 1 aromatic carbocycles. The van der Waals surface area contributed by atoms with E-state index >= 15 is 0 Å². The number of aryl methyl sites for hydroxylation is 2. The first kappa shape index (κ1) is 13.2. The normalized spacial score (nSPS) is 11.9. The fourth-order valence-electron chi connectivity index (χ4n) is 2.15. The fraction of sp³-hybridized carbons (Fsp3) is 0.267. The van der Waals surface area contributed by atoms with Gasteiger partial charge >= 0.3 is 0 Å². The third-order valence-corrected chi connectivity index (χ3v) is 2.96. The Morgan fingerprint density at radius 2 is 2.00 bits per heavy atom. The van der Waals surface area contributed by atoms with E-state index in [4.69, 9.17) is 9.68 Å². The van der Waals surface area contributed by atoms with E-state index in [2.05, 4.69) is 5.32 Å². The van der Waals surface area contributed by atoms with Crippen LogP contribution in [-0.4, -0.2) is 0 Å². The molecule has 0 aliphatic rings. The highest BCUT2D eigenvalue weighted by Gasteiger charge is 2.13. The van der Waals surface area contributed by atoms with Gasteiger partial charge in [-0.15, -0.1) is 0 Å². The minimum absolute atomic E-state index is 0.0224. The summed E-state index contributed by atoms with van der Waals surface area (Å²) in [5, 5.41) is 12.0. The average Bonchev–Trinajstić information content (AvgIpc) is 2.67. The van der Waals surface area contributed by atoms with E-state index in [-0.39, 0.29) is 6.04 Å². The second-order valence-electron chi connectivity index (χ2n) is 4.57. The number of nitrogens with one attached hydrogen (secondary N) is 1. The summed E-state index contributed by atoms with van der Waals surface area (Å²) < 4.78 is 18.8. The van der Waals surface area contributed by atoms with Crippen molar-refractivity contribution in [3.8, 4) is 6.07 Å². The van der Waals surface area contributed by atoms with Crippen molar-refractivity contribution in [2.75, 3.05) is 5.32 Å². The van der Waals surface area contributed by atoms with Crippen molar-refractivity contribution in [1.82, 2.24) is 0 Å². The number of furan rings is 1. The molecule has 2 rings (SSSR count). The number of hydrogen-bond acceptors (Lipinski definition) is 3. The van der Waals surface area contributed by atoms with Gasteiger partial charge in [-0.1, -0.05) is 0 Å². The molecule has 0 radical (unpaired) electrons. The van der Waals surface area contributed by atoms with Crippen LogP contribution in [0.1, 0.15) is 35.6 Å². The summed E-state index contributed by atoms with van der Waals surface area (Å²) in [6.07, 6.45) is 0. The van der Waals surface area contributed by atoms with Gasteiger partial charge in [0.1, 0.15) is 17.3 Å². The first-order valence-electron chi connectivity index (χ1n) is 6.03. The van der Waals surface area contributed by atoms with Crippen molar-refractivity contribution < 1.29 is 8.81 Å². The molecule has 0 saturated heterocycles. The number of benzene rings is 1. The minimum Gasteiger partial charge on any atom is -0.466 e. The van der Waals surface area contributed by atoms with Crippen molar-refractivity contribution >= 4 is 5.69 Å². The van der Waals surface area contributed by atoms with Crippen molar-refractivity contribution in [1.29, 1.82) is 5.26 Å². The molecule has 0 spiro atoms. The van der Waals surface area contributed by atoms with E-state index in [9.17, 15) is 4.39 Å². The lowest BCUT2D eigenvalue weighted by Gasteiger charge is -2.15. The quantitative estimate of drug-likeness (QED) is 0.902. The Hall–Kier alpha value is -2.28. The monoisotopic (exact) mass is 258 g/mol. The molecule has 0 bridgehead atoms. The predicted molar refractivity (Wildman–Crippen MR) is 71.3 cm³/mol. The molecule has 1 atom stereocenters. The number of nitrogens with zero attached hydrogens (tertiary/aromatic N) is 1. The first-order valence-corrected chi connectivity index (χ1v) is 6.03. The van der Waals surface area contributed by atoms with Crippen LogP contribution < -0.4 is 5.32 Å². The van der Waals surface area contributed by atoms with Crippen molar-refractivity contribution in [3.05, 3.63) is 52.7 Å². The zero-order valence-electron chi connectivity index (χ0n) is 11.1. The van der Waals surface area contributed by atoms with Crippen LogP contribution in [0.15, 0.2) is 28.7 Å². The summed E-state index contributed by atoms with van der Waals surface area (Å²) in [5.74, 6) is 1.27. The molecule has 0 amide bonds. The van der Waals surface area contributed by atoms with Gasteiger partial charge in [0.2, 0.25) is 0 Å². The molecule has 0 saturated carbocycles. The number of halogens is 1. The first-order chi connectivity index (χ1) is 8.99. The van der Waals surface area contributed by atoms with Crippen LogP contribution in [0.2, 0.25) is 0 Å². The molecule has 4 heteroatoms. The maximum atomic E-state index is 13.3. The van der Waals surface area contributed by atoms with Crippen molar-refractivity contribution in [2.24, 2.45) is 0 Å². The highest BCUT2D eigenvalue weighted by Crippen LogP contribution is 2.25. The standard InChI is InChI=1S/C15H15FN2O/c1-9-4-15(11(3)19-9)10(2)18-14-6-12(8-17)5-13(16)7-14/h4-7,10,18H,1-3H3. The predicted octanol–water partition coefficient (Wildman–Crippen LogP) is 4.08. The van der Waals surface area contributed by atoms with Gasteiger partial charge in [-0.25, -0.2) is 4.39 Å². The van der Waals surface area contributed by atoms with Crippen LogP contribution in [0.3, 0.4) is 0 Å². The van der Waals surface area contributed by atoms with E-state index in [1.165, 1.54) is 12.1 Å². The molecule has 1 unspecified atom stereocenters. The van der Waals surface area contributed by atoms with Gasteiger partial charge in [-0.05, 0) is 45.0 Å². The zero-order chi connectivity index (χ0) is 14.0. The Balaban J connectivity index is 2.24. The molecule has 98 valence electrons. The third-order valence-electron chi connectivity index (χ3n) is 2.96. The molecular weight excluding hydrogens is 243 g/mol. The zero-order valence-corrected chi connectivity index (χ0v) is 11.1. The van der Waals surface area contributed by atoms with Gasteiger partial charge in [0.15, 0.2) is 0 Å². The second-order valence-corrected chi connectivity index (χ2v) is 4.57. The van der Waals surface area contributed by atoms with Crippen LogP contribution in [0.5, 0.6) is 0 Å². The van der Waals surface area contributed by atoms with E-state index in [0.29, 0.717) is 11.3 Å². The Kier molecular flexibility index (Phi) is 3.57. The molecular formula is C15H15FN2O. The van der Waals surface area contributed by atoms with Crippen LogP contribution in [0, 0.1) is 31.0 Å². The Labute approximate surface area is 111 Å². The highest BCUT2D eigenvalue weighted by atomic mass is 19.1. The summed E-state index contributed by atoms with van der Waals surface area (Å²) in [4.78, 5) is 0. The van der Waals surface area contributed by atoms with Crippen LogP contribution in [0.4, 0.5) is 10.1 Å². The molecule has 0 fully saturated rings. The molecule has 2 aromatic rings. The topological polar surface area (TPSA) is 49.0 Å². The molecule has 19 heavy (non-hydrogen) atoms. The van der Waals surface area contributed by atoms with Gasteiger partial charge in [-0.2, -0.15) is 5.26 Å². The number of anilines is 1. The van der Waals surface area contributed by atoms with Gasteiger partial charge in [0.05, 0.1) is 17.7 Å².